The summed E-state index contributed by atoms with van der Waals surface area (Å²) >= 11 is 0. The molecule has 0 aliphatic rings. The van der Waals surface area contributed by atoms with E-state index in [2.05, 4.69) is 34.6 Å². The molecular formula is C11H24O2. The van der Waals surface area contributed by atoms with E-state index in [1.807, 2.05) is 0 Å². The molecule has 0 amide bonds. The first-order chi connectivity index (χ1) is 5.77. The van der Waals surface area contributed by atoms with Gasteiger partial charge in [0.05, 0.1) is 0 Å². The van der Waals surface area contributed by atoms with Crippen molar-refractivity contribution < 1.29 is 9.47 Å². The van der Waals surface area contributed by atoms with Crippen LogP contribution < -0.4 is 0 Å². The second kappa shape index (κ2) is 4.43. The fourth-order valence-corrected chi connectivity index (χ4v) is 1.64. The zero-order valence-corrected chi connectivity index (χ0v) is 10.1. The molecule has 0 N–H and O–H groups in total. The third-order valence-electron chi connectivity index (χ3n) is 2.35. The summed E-state index contributed by atoms with van der Waals surface area (Å²) in [6.45, 7) is 10.8. The van der Waals surface area contributed by atoms with Crippen LogP contribution >= 0.6 is 0 Å². The molecule has 0 fully saturated rings. The molecule has 0 saturated heterocycles. The Hall–Kier alpha value is -0.0800. The van der Waals surface area contributed by atoms with E-state index >= 15 is 0 Å². The van der Waals surface area contributed by atoms with Gasteiger partial charge in [0.1, 0.15) is 0 Å². The smallest absolute Gasteiger partial charge is 0.170 e. The Morgan fingerprint density at radius 1 is 1.00 bits per heavy atom. The van der Waals surface area contributed by atoms with Gasteiger partial charge in [-0.3, -0.25) is 0 Å². The third-order valence-corrected chi connectivity index (χ3v) is 2.35. The van der Waals surface area contributed by atoms with Gasteiger partial charge >= 0.3 is 0 Å². The summed E-state index contributed by atoms with van der Waals surface area (Å²) in [7, 11) is 3.44. The first-order valence-electron chi connectivity index (χ1n) is 4.88. The molecule has 13 heavy (non-hydrogen) atoms. The van der Waals surface area contributed by atoms with Crippen molar-refractivity contribution in [3.63, 3.8) is 0 Å². The van der Waals surface area contributed by atoms with E-state index in [0.717, 1.165) is 6.42 Å². The van der Waals surface area contributed by atoms with Crippen LogP contribution in [0.5, 0.6) is 0 Å². The third kappa shape index (κ3) is 3.65. The Labute approximate surface area is 82.6 Å². The monoisotopic (exact) mass is 188 g/mol. The van der Waals surface area contributed by atoms with Crippen molar-refractivity contribution in [3.8, 4) is 0 Å². The molecule has 0 aromatic carbocycles. The Bertz CT molecular complexity index is 141. The quantitative estimate of drug-likeness (QED) is 0.631. The molecule has 0 bridgehead atoms. The summed E-state index contributed by atoms with van der Waals surface area (Å²) in [6, 6.07) is 0. The van der Waals surface area contributed by atoms with Crippen molar-refractivity contribution in [2.75, 3.05) is 14.2 Å². The SMILES string of the molecule is COC(CC(C)(C)C)(OC)C(C)C. The molecule has 0 saturated carbocycles. The highest BCUT2D eigenvalue weighted by atomic mass is 16.7. The largest absolute Gasteiger partial charge is 0.353 e. The summed E-state index contributed by atoms with van der Waals surface area (Å²) in [6.07, 6.45) is 0.907. The highest BCUT2D eigenvalue weighted by Gasteiger charge is 2.37. The zero-order valence-electron chi connectivity index (χ0n) is 10.1. The second-order valence-corrected chi connectivity index (χ2v) is 5.11. The van der Waals surface area contributed by atoms with Gasteiger partial charge in [0.15, 0.2) is 5.79 Å². The van der Waals surface area contributed by atoms with Crippen LogP contribution in [0.4, 0.5) is 0 Å². The normalized spacial score (nSPS) is 13.8. The van der Waals surface area contributed by atoms with Crippen LogP contribution in [0.3, 0.4) is 0 Å². The van der Waals surface area contributed by atoms with E-state index in [1.54, 1.807) is 14.2 Å². The van der Waals surface area contributed by atoms with E-state index in [0.29, 0.717) is 5.92 Å². The molecule has 0 spiro atoms. The number of ether oxygens (including phenoxy) is 2. The Balaban J connectivity index is 4.58. The molecule has 2 heteroatoms. The van der Waals surface area contributed by atoms with E-state index in [-0.39, 0.29) is 5.41 Å². The van der Waals surface area contributed by atoms with Gasteiger partial charge in [-0.2, -0.15) is 0 Å². The lowest BCUT2D eigenvalue weighted by molar-refractivity contribution is -0.248. The minimum Gasteiger partial charge on any atom is -0.353 e. The van der Waals surface area contributed by atoms with Crippen LogP contribution in [0, 0.1) is 11.3 Å². The summed E-state index contributed by atoms with van der Waals surface area (Å²) in [5, 5.41) is 0. The lowest BCUT2D eigenvalue weighted by atomic mass is 9.83. The average molecular weight is 188 g/mol. The molecule has 0 aromatic rings. The molecule has 2 nitrogen and oxygen atoms in total. The topological polar surface area (TPSA) is 18.5 Å². The van der Waals surface area contributed by atoms with Crippen LogP contribution in [0.1, 0.15) is 41.0 Å². The van der Waals surface area contributed by atoms with Crippen molar-refractivity contribution in [2.45, 2.75) is 46.8 Å². The highest BCUT2D eigenvalue weighted by Crippen LogP contribution is 2.35. The molecule has 0 aromatic heterocycles. The molecule has 0 unspecified atom stereocenters. The maximum Gasteiger partial charge on any atom is 0.170 e. The van der Waals surface area contributed by atoms with Gasteiger partial charge in [-0.05, 0) is 5.41 Å². The molecule has 0 aliphatic carbocycles. The molecule has 0 atom stereocenters. The summed E-state index contributed by atoms with van der Waals surface area (Å²) in [4.78, 5) is 0. The van der Waals surface area contributed by atoms with Crippen molar-refractivity contribution in [1.29, 1.82) is 0 Å². The van der Waals surface area contributed by atoms with Crippen LogP contribution in [0.2, 0.25) is 0 Å². The van der Waals surface area contributed by atoms with Gasteiger partial charge in [0.25, 0.3) is 0 Å². The molecule has 0 rings (SSSR count). The van der Waals surface area contributed by atoms with Gasteiger partial charge in [-0.1, -0.05) is 34.6 Å². The van der Waals surface area contributed by atoms with Crippen molar-refractivity contribution >= 4 is 0 Å². The molecule has 0 aliphatic heterocycles. The van der Waals surface area contributed by atoms with Gasteiger partial charge in [-0.25, -0.2) is 0 Å². The van der Waals surface area contributed by atoms with Crippen LogP contribution in [0.15, 0.2) is 0 Å². The van der Waals surface area contributed by atoms with Gasteiger partial charge in [0.2, 0.25) is 0 Å². The van der Waals surface area contributed by atoms with E-state index in [1.165, 1.54) is 0 Å². The van der Waals surface area contributed by atoms with E-state index < -0.39 is 5.79 Å². The maximum absolute atomic E-state index is 5.50. The van der Waals surface area contributed by atoms with Gasteiger partial charge in [-0.15, -0.1) is 0 Å². The highest BCUT2D eigenvalue weighted by molar-refractivity contribution is 4.79. The Morgan fingerprint density at radius 3 is 1.46 bits per heavy atom. The first kappa shape index (κ1) is 12.9. The molecule has 0 radical (unpaired) electrons. The van der Waals surface area contributed by atoms with Crippen molar-refractivity contribution in [3.05, 3.63) is 0 Å². The predicted molar refractivity (Wildman–Crippen MR) is 55.7 cm³/mol. The van der Waals surface area contributed by atoms with Crippen LogP contribution in [-0.4, -0.2) is 20.0 Å². The van der Waals surface area contributed by atoms with Crippen molar-refractivity contribution in [1.82, 2.24) is 0 Å². The Morgan fingerprint density at radius 2 is 1.38 bits per heavy atom. The summed E-state index contributed by atoms with van der Waals surface area (Å²) < 4.78 is 11.0. The number of methoxy groups -OCH3 is 2. The minimum absolute atomic E-state index is 0.219. The number of hydrogen-bond donors (Lipinski definition) is 0. The number of rotatable bonds is 4. The lowest BCUT2D eigenvalue weighted by Crippen LogP contribution is -2.42. The van der Waals surface area contributed by atoms with E-state index in [4.69, 9.17) is 9.47 Å². The lowest BCUT2D eigenvalue weighted by Gasteiger charge is -2.39. The average Bonchev–Trinajstić information content (AvgIpc) is 1.98. The summed E-state index contributed by atoms with van der Waals surface area (Å²) in [5.74, 6) is -0.0696. The van der Waals surface area contributed by atoms with Crippen LogP contribution in [0.25, 0.3) is 0 Å². The standard InChI is InChI=1S/C11H24O2/c1-9(2)11(12-6,13-7)8-10(3,4)5/h9H,8H2,1-7H3. The Kier molecular flexibility index (Phi) is 4.40. The van der Waals surface area contributed by atoms with E-state index in [9.17, 15) is 0 Å². The minimum atomic E-state index is -0.432. The van der Waals surface area contributed by atoms with Crippen molar-refractivity contribution in [2.24, 2.45) is 11.3 Å². The van der Waals surface area contributed by atoms with Crippen LogP contribution in [-0.2, 0) is 9.47 Å². The molecule has 80 valence electrons. The maximum atomic E-state index is 5.50. The molecule has 0 heterocycles. The van der Waals surface area contributed by atoms with Gasteiger partial charge < -0.3 is 9.47 Å². The number of hydrogen-bond acceptors (Lipinski definition) is 2. The first-order valence-corrected chi connectivity index (χ1v) is 4.88. The van der Waals surface area contributed by atoms with Gasteiger partial charge in [0, 0.05) is 26.6 Å². The fraction of sp³-hybridized carbons (Fsp3) is 1.00. The second-order valence-electron chi connectivity index (χ2n) is 5.11. The predicted octanol–water partition coefficient (Wildman–Crippen LogP) is 3.07. The summed E-state index contributed by atoms with van der Waals surface area (Å²) in [5.41, 5.74) is 0.219. The zero-order chi connectivity index (χ0) is 10.7. The fourth-order valence-electron chi connectivity index (χ4n) is 1.64. The molecular weight excluding hydrogens is 164 g/mol.